The van der Waals surface area contributed by atoms with E-state index in [4.69, 9.17) is 0 Å². The summed E-state index contributed by atoms with van der Waals surface area (Å²) in [6.45, 7) is 5.60. The first-order valence-corrected chi connectivity index (χ1v) is 9.04. The molecule has 3 rings (SSSR count). The number of nitrogens with zero attached hydrogens (tertiary/aromatic N) is 2. The molecule has 2 N–H and O–H groups in total. The highest BCUT2D eigenvalue weighted by Crippen LogP contribution is 2.38. The Morgan fingerprint density at radius 2 is 2.04 bits per heavy atom. The van der Waals surface area contributed by atoms with Crippen LogP contribution in [0.2, 0.25) is 0 Å². The molecule has 8 heteroatoms. The zero-order chi connectivity index (χ0) is 17.7. The third kappa shape index (κ3) is 2.61. The van der Waals surface area contributed by atoms with Gasteiger partial charge in [-0.25, -0.2) is 13.1 Å². The molecule has 2 heterocycles. The number of aryl methyl sites for hydroxylation is 1. The Bertz CT molecular complexity index is 929. The molecule has 1 aliphatic heterocycles. The molecule has 0 spiro atoms. The van der Waals surface area contributed by atoms with Gasteiger partial charge in [-0.3, -0.25) is 9.48 Å². The lowest BCUT2D eigenvalue weighted by Crippen LogP contribution is -2.27. The van der Waals surface area contributed by atoms with Crippen LogP contribution >= 0.6 is 0 Å². The highest BCUT2D eigenvalue weighted by Gasteiger charge is 2.39. The predicted octanol–water partition coefficient (Wildman–Crippen LogP) is 1.44. The van der Waals surface area contributed by atoms with Crippen molar-refractivity contribution in [2.24, 2.45) is 7.05 Å². The van der Waals surface area contributed by atoms with Gasteiger partial charge in [0.15, 0.2) is 0 Å². The predicted molar refractivity (Wildman–Crippen MR) is 90.1 cm³/mol. The van der Waals surface area contributed by atoms with Crippen molar-refractivity contribution in [3.8, 4) is 0 Å². The van der Waals surface area contributed by atoms with Crippen molar-refractivity contribution < 1.29 is 13.2 Å². The van der Waals surface area contributed by atoms with Gasteiger partial charge in [-0.05, 0) is 44.5 Å². The molecule has 7 nitrogen and oxygen atoms in total. The molecule has 0 aliphatic carbocycles. The Hall–Kier alpha value is -2.19. The molecule has 1 aromatic carbocycles. The lowest BCUT2D eigenvalue weighted by molar-refractivity contribution is -0.119. The van der Waals surface area contributed by atoms with Crippen molar-refractivity contribution in [1.82, 2.24) is 14.5 Å². The summed E-state index contributed by atoms with van der Waals surface area (Å²) in [7, 11) is -1.88. The van der Waals surface area contributed by atoms with E-state index in [2.05, 4.69) is 15.1 Å². The Morgan fingerprint density at radius 1 is 1.33 bits per heavy atom. The zero-order valence-corrected chi connectivity index (χ0v) is 14.9. The first-order valence-electron chi connectivity index (χ1n) is 7.56. The SMILES string of the molecule is Cc1c(CNS(=O)(=O)c2ccc3c(c2)C(C)(C)C(=O)N3)cnn1C. The van der Waals surface area contributed by atoms with Crippen molar-refractivity contribution >= 4 is 21.6 Å². The number of fused-ring (bicyclic) bond motifs is 1. The number of hydrogen-bond acceptors (Lipinski definition) is 4. The van der Waals surface area contributed by atoms with Crippen LogP contribution in [0.15, 0.2) is 29.3 Å². The van der Waals surface area contributed by atoms with Crippen LogP contribution in [-0.4, -0.2) is 24.1 Å². The van der Waals surface area contributed by atoms with Crippen LogP contribution in [0.3, 0.4) is 0 Å². The highest BCUT2D eigenvalue weighted by atomic mass is 32.2. The number of amides is 1. The Morgan fingerprint density at radius 3 is 2.67 bits per heavy atom. The van der Waals surface area contributed by atoms with E-state index in [9.17, 15) is 13.2 Å². The smallest absolute Gasteiger partial charge is 0.240 e. The average molecular weight is 348 g/mol. The molecule has 1 amide bonds. The van der Waals surface area contributed by atoms with Crippen LogP contribution in [0.1, 0.15) is 30.7 Å². The van der Waals surface area contributed by atoms with Crippen LogP contribution < -0.4 is 10.0 Å². The maximum Gasteiger partial charge on any atom is 0.240 e. The fraction of sp³-hybridized carbons (Fsp3) is 0.375. The maximum absolute atomic E-state index is 12.6. The van der Waals surface area contributed by atoms with Crippen LogP contribution in [0.4, 0.5) is 5.69 Å². The van der Waals surface area contributed by atoms with Gasteiger partial charge >= 0.3 is 0 Å². The molecule has 0 saturated heterocycles. The summed E-state index contributed by atoms with van der Waals surface area (Å²) in [5, 5.41) is 6.87. The quantitative estimate of drug-likeness (QED) is 0.874. The van der Waals surface area contributed by atoms with Crippen molar-refractivity contribution in [2.45, 2.75) is 37.6 Å². The van der Waals surface area contributed by atoms with E-state index >= 15 is 0 Å². The number of hydrogen-bond donors (Lipinski definition) is 2. The molecule has 0 unspecified atom stereocenters. The second-order valence-corrected chi connectivity index (χ2v) is 8.26. The molecular formula is C16H20N4O3S. The fourth-order valence-electron chi connectivity index (χ4n) is 2.69. The van der Waals surface area contributed by atoms with Gasteiger partial charge in [-0.1, -0.05) is 0 Å². The van der Waals surface area contributed by atoms with E-state index in [1.165, 1.54) is 6.07 Å². The number of carbonyl (C=O) groups is 1. The minimum absolute atomic E-state index is 0.133. The summed E-state index contributed by atoms with van der Waals surface area (Å²) in [6, 6.07) is 4.69. The number of nitrogens with one attached hydrogen (secondary N) is 2. The van der Waals surface area contributed by atoms with Gasteiger partial charge in [0.05, 0.1) is 16.5 Å². The number of carbonyl (C=O) groups excluding carboxylic acids is 1. The molecule has 0 saturated carbocycles. The van der Waals surface area contributed by atoms with Crippen molar-refractivity contribution in [1.29, 1.82) is 0 Å². The standard InChI is InChI=1S/C16H20N4O3S/c1-10-11(8-17-20(10)4)9-18-24(22,23)12-5-6-14-13(7-12)16(2,3)15(21)19-14/h5-8,18H,9H2,1-4H3,(H,19,21). The summed E-state index contributed by atoms with van der Waals surface area (Å²) < 4.78 is 29.4. The van der Waals surface area contributed by atoms with E-state index < -0.39 is 15.4 Å². The number of benzene rings is 1. The molecule has 0 fully saturated rings. The minimum Gasteiger partial charge on any atom is -0.325 e. The van der Waals surface area contributed by atoms with Crippen LogP contribution in [0, 0.1) is 6.92 Å². The molecule has 1 aromatic heterocycles. The summed E-state index contributed by atoms with van der Waals surface area (Å²) in [5.74, 6) is -0.133. The Kier molecular flexibility index (Phi) is 3.76. The minimum atomic E-state index is -3.68. The van der Waals surface area contributed by atoms with Gasteiger partial charge in [-0.15, -0.1) is 0 Å². The van der Waals surface area contributed by atoms with E-state index in [1.807, 2.05) is 6.92 Å². The molecule has 0 radical (unpaired) electrons. The molecule has 24 heavy (non-hydrogen) atoms. The summed E-state index contributed by atoms with van der Waals surface area (Å²) in [6.07, 6.45) is 1.65. The van der Waals surface area contributed by atoms with Gasteiger partial charge in [0.25, 0.3) is 0 Å². The van der Waals surface area contributed by atoms with Gasteiger partial charge < -0.3 is 5.32 Å². The lowest BCUT2D eigenvalue weighted by Gasteiger charge is -2.16. The molecule has 2 aromatic rings. The maximum atomic E-state index is 12.6. The molecule has 0 atom stereocenters. The van der Waals surface area contributed by atoms with Crippen LogP contribution in [-0.2, 0) is 33.8 Å². The van der Waals surface area contributed by atoms with E-state index in [-0.39, 0.29) is 17.3 Å². The van der Waals surface area contributed by atoms with Crippen LogP contribution in [0.25, 0.3) is 0 Å². The summed E-state index contributed by atoms with van der Waals surface area (Å²) in [5.41, 5.74) is 2.32. The molecule has 128 valence electrons. The second-order valence-electron chi connectivity index (χ2n) is 6.49. The van der Waals surface area contributed by atoms with Gasteiger partial charge in [-0.2, -0.15) is 5.10 Å². The molecule has 1 aliphatic rings. The lowest BCUT2D eigenvalue weighted by atomic mass is 9.86. The van der Waals surface area contributed by atoms with E-state index in [0.29, 0.717) is 11.3 Å². The largest absolute Gasteiger partial charge is 0.325 e. The highest BCUT2D eigenvalue weighted by molar-refractivity contribution is 7.89. The second kappa shape index (κ2) is 5.42. The number of rotatable bonds is 4. The topological polar surface area (TPSA) is 93.1 Å². The third-order valence-corrected chi connectivity index (χ3v) is 5.98. The third-order valence-electron chi connectivity index (χ3n) is 4.58. The first kappa shape index (κ1) is 16.7. The van der Waals surface area contributed by atoms with E-state index in [0.717, 1.165) is 11.3 Å². The molecule has 0 bridgehead atoms. The summed E-state index contributed by atoms with van der Waals surface area (Å²) >= 11 is 0. The molecular weight excluding hydrogens is 328 g/mol. The van der Waals surface area contributed by atoms with E-state index in [1.54, 1.807) is 43.9 Å². The van der Waals surface area contributed by atoms with Crippen molar-refractivity contribution in [3.63, 3.8) is 0 Å². The first-order chi connectivity index (χ1) is 11.1. The number of aromatic nitrogens is 2. The van der Waals surface area contributed by atoms with Crippen LogP contribution in [0.5, 0.6) is 0 Å². The zero-order valence-electron chi connectivity index (χ0n) is 14.0. The fourth-order valence-corrected chi connectivity index (χ4v) is 3.72. The Balaban J connectivity index is 1.87. The Labute approximate surface area is 141 Å². The van der Waals surface area contributed by atoms with Gasteiger partial charge in [0, 0.05) is 30.5 Å². The summed E-state index contributed by atoms with van der Waals surface area (Å²) in [4.78, 5) is 12.1. The van der Waals surface area contributed by atoms with Gasteiger partial charge in [0.2, 0.25) is 15.9 Å². The van der Waals surface area contributed by atoms with Gasteiger partial charge in [0.1, 0.15) is 0 Å². The van der Waals surface area contributed by atoms with Crippen molar-refractivity contribution in [2.75, 3.05) is 5.32 Å². The normalized spacial score (nSPS) is 16.1. The number of anilines is 1. The average Bonchev–Trinajstić information content (AvgIpc) is 2.95. The monoisotopic (exact) mass is 348 g/mol. The van der Waals surface area contributed by atoms with Crippen molar-refractivity contribution in [3.05, 3.63) is 41.2 Å². The number of sulfonamides is 1.